The first kappa shape index (κ1) is 23.6. The van der Waals surface area contributed by atoms with E-state index in [4.69, 9.17) is 21.1 Å². The van der Waals surface area contributed by atoms with Gasteiger partial charge in [-0.1, -0.05) is 23.7 Å². The molecule has 3 aromatic rings. The van der Waals surface area contributed by atoms with E-state index < -0.39 is 16.9 Å². The Kier molecular flexibility index (Phi) is 7.47. The molecule has 0 saturated carbocycles. The number of nitrogens with zero attached hydrogens (tertiary/aromatic N) is 1. The van der Waals surface area contributed by atoms with Gasteiger partial charge in [-0.05, 0) is 49.4 Å². The molecule has 3 aromatic carbocycles. The number of carbonyl (C=O) groups excluding carboxylic acids is 2. The van der Waals surface area contributed by atoms with Crippen LogP contribution in [0, 0.1) is 10.1 Å². The van der Waals surface area contributed by atoms with Crippen molar-refractivity contribution < 1.29 is 24.0 Å². The van der Waals surface area contributed by atoms with Crippen LogP contribution in [0.25, 0.3) is 0 Å². The zero-order valence-corrected chi connectivity index (χ0v) is 18.5. The van der Waals surface area contributed by atoms with Crippen molar-refractivity contribution in [3.8, 4) is 11.5 Å². The molecule has 2 amide bonds. The van der Waals surface area contributed by atoms with E-state index in [0.29, 0.717) is 22.7 Å². The van der Waals surface area contributed by atoms with Gasteiger partial charge in [0.1, 0.15) is 11.5 Å². The summed E-state index contributed by atoms with van der Waals surface area (Å²) in [5.74, 6) is -0.109. The molecular weight excluding hydrogens is 450 g/mol. The zero-order valence-electron chi connectivity index (χ0n) is 17.7. The van der Waals surface area contributed by atoms with Crippen molar-refractivity contribution in [2.75, 3.05) is 17.7 Å². The van der Waals surface area contributed by atoms with Crippen LogP contribution in [0.1, 0.15) is 17.3 Å². The van der Waals surface area contributed by atoms with Crippen molar-refractivity contribution >= 4 is 40.5 Å². The maximum Gasteiger partial charge on any atom is 0.271 e. The molecule has 0 aliphatic rings. The molecule has 0 aromatic heterocycles. The fraction of sp³-hybridized carbons (Fsp3) is 0.130. The van der Waals surface area contributed by atoms with Gasteiger partial charge in [-0.2, -0.15) is 0 Å². The van der Waals surface area contributed by atoms with Gasteiger partial charge >= 0.3 is 0 Å². The van der Waals surface area contributed by atoms with Crippen molar-refractivity contribution in [2.45, 2.75) is 13.0 Å². The third-order valence-electron chi connectivity index (χ3n) is 4.57. The number of hydrogen-bond acceptors (Lipinski definition) is 6. The van der Waals surface area contributed by atoms with Crippen LogP contribution in [0.5, 0.6) is 11.5 Å². The van der Waals surface area contributed by atoms with Crippen LogP contribution < -0.4 is 20.1 Å². The Morgan fingerprint density at radius 3 is 2.33 bits per heavy atom. The van der Waals surface area contributed by atoms with E-state index in [-0.39, 0.29) is 22.4 Å². The Morgan fingerprint density at radius 1 is 1.00 bits per heavy atom. The van der Waals surface area contributed by atoms with Gasteiger partial charge in [0, 0.05) is 23.4 Å². The highest BCUT2D eigenvalue weighted by Crippen LogP contribution is 2.29. The lowest BCUT2D eigenvalue weighted by Gasteiger charge is -2.16. The molecule has 170 valence electrons. The number of carbonyl (C=O) groups is 2. The number of para-hydroxylation sites is 2. The highest BCUT2D eigenvalue weighted by molar-refractivity contribution is 6.32. The third-order valence-corrected chi connectivity index (χ3v) is 4.86. The topological polar surface area (TPSA) is 120 Å². The van der Waals surface area contributed by atoms with Crippen LogP contribution in [-0.4, -0.2) is 30.0 Å². The predicted octanol–water partition coefficient (Wildman–Crippen LogP) is 4.92. The van der Waals surface area contributed by atoms with Gasteiger partial charge in [0.15, 0.2) is 6.10 Å². The lowest BCUT2D eigenvalue weighted by molar-refractivity contribution is -0.384. The Bertz CT molecular complexity index is 1180. The molecule has 0 spiro atoms. The third kappa shape index (κ3) is 5.98. The van der Waals surface area contributed by atoms with E-state index in [1.807, 2.05) is 0 Å². The van der Waals surface area contributed by atoms with Crippen molar-refractivity contribution in [2.24, 2.45) is 0 Å². The summed E-state index contributed by atoms with van der Waals surface area (Å²) >= 11 is 6.00. The predicted molar refractivity (Wildman–Crippen MR) is 124 cm³/mol. The maximum atomic E-state index is 12.5. The molecule has 0 bridgehead atoms. The molecule has 0 radical (unpaired) electrons. The normalized spacial score (nSPS) is 11.2. The molecule has 0 aliphatic heterocycles. The van der Waals surface area contributed by atoms with Gasteiger partial charge in [-0.15, -0.1) is 0 Å². The van der Waals surface area contributed by atoms with E-state index in [1.165, 1.54) is 26.2 Å². The van der Waals surface area contributed by atoms with Crippen LogP contribution in [0.4, 0.5) is 17.1 Å². The first-order valence-corrected chi connectivity index (χ1v) is 10.1. The van der Waals surface area contributed by atoms with Gasteiger partial charge in [0.25, 0.3) is 17.5 Å². The number of halogens is 1. The summed E-state index contributed by atoms with van der Waals surface area (Å²) < 4.78 is 10.7. The number of benzene rings is 3. The van der Waals surface area contributed by atoms with Crippen LogP contribution >= 0.6 is 11.6 Å². The van der Waals surface area contributed by atoms with E-state index in [9.17, 15) is 19.7 Å². The number of methoxy groups -OCH3 is 1. The molecule has 1 atom stereocenters. The van der Waals surface area contributed by atoms with Crippen LogP contribution in [0.2, 0.25) is 5.02 Å². The van der Waals surface area contributed by atoms with E-state index in [1.54, 1.807) is 48.5 Å². The summed E-state index contributed by atoms with van der Waals surface area (Å²) in [7, 11) is 1.52. The second kappa shape index (κ2) is 10.5. The molecule has 2 N–H and O–H groups in total. The molecule has 10 heteroatoms. The number of nitro groups is 1. The van der Waals surface area contributed by atoms with E-state index >= 15 is 0 Å². The van der Waals surface area contributed by atoms with E-state index in [2.05, 4.69) is 10.6 Å². The molecule has 0 fully saturated rings. The fourth-order valence-corrected chi connectivity index (χ4v) is 3.05. The molecule has 1 unspecified atom stereocenters. The van der Waals surface area contributed by atoms with E-state index in [0.717, 1.165) is 6.07 Å². The number of non-ortho nitro benzene ring substituents is 1. The van der Waals surface area contributed by atoms with Crippen molar-refractivity contribution in [1.82, 2.24) is 0 Å². The van der Waals surface area contributed by atoms with Gasteiger partial charge in [0.2, 0.25) is 0 Å². The second-order valence-corrected chi connectivity index (χ2v) is 7.26. The van der Waals surface area contributed by atoms with Gasteiger partial charge in [-0.25, -0.2) is 0 Å². The Morgan fingerprint density at radius 2 is 1.70 bits per heavy atom. The first-order chi connectivity index (χ1) is 15.8. The fourth-order valence-electron chi connectivity index (χ4n) is 2.83. The Balaban J connectivity index is 1.60. The number of amides is 2. The number of anilines is 2. The Hall–Kier alpha value is -4.11. The molecule has 3 rings (SSSR count). The highest BCUT2D eigenvalue weighted by atomic mass is 35.5. The molecule has 0 heterocycles. The minimum absolute atomic E-state index is 0.0225. The summed E-state index contributed by atoms with van der Waals surface area (Å²) in [6.07, 6.45) is -0.933. The highest BCUT2D eigenvalue weighted by Gasteiger charge is 2.18. The van der Waals surface area contributed by atoms with Crippen molar-refractivity contribution in [1.29, 1.82) is 0 Å². The molecule has 9 nitrogen and oxygen atoms in total. The van der Waals surface area contributed by atoms with Crippen LogP contribution in [0.3, 0.4) is 0 Å². The molecule has 33 heavy (non-hydrogen) atoms. The largest absolute Gasteiger partial charge is 0.495 e. The summed E-state index contributed by atoms with van der Waals surface area (Å²) in [6.45, 7) is 1.52. The number of hydrogen-bond donors (Lipinski definition) is 2. The van der Waals surface area contributed by atoms with Crippen LogP contribution in [-0.2, 0) is 4.79 Å². The lowest BCUT2D eigenvalue weighted by Crippen LogP contribution is -2.30. The van der Waals surface area contributed by atoms with Crippen LogP contribution in [0.15, 0.2) is 66.7 Å². The summed E-state index contributed by atoms with van der Waals surface area (Å²) in [5.41, 5.74) is 1.21. The summed E-state index contributed by atoms with van der Waals surface area (Å²) in [4.78, 5) is 35.2. The molecule has 0 saturated heterocycles. The number of ether oxygens (including phenoxy) is 2. The average Bonchev–Trinajstić information content (AvgIpc) is 2.80. The average molecular weight is 470 g/mol. The first-order valence-electron chi connectivity index (χ1n) is 9.74. The van der Waals surface area contributed by atoms with Gasteiger partial charge in [-0.3, -0.25) is 19.7 Å². The zero-order chi connectivity index (χ0) is 24.0. The van der Waals surface area contributed by atoms with Gasteiger partial charge < -0.3 is 20.1 Å². The molecular formula is C23H20ClN3O6. The summed E-state index contributed by atoms with van der Waals surface area (Å²) in [5, 5.41) is 16.3. The molecule has 0 aliphatic carbocycles. The quantitative estimate of drug-likeness (QED) is 0.357. The second-order valence-electron chi connectivity index (χ2n) is 6.85. The summed E-state index contributed by atoms with van der Waals surface area (Å²) in [6, 6.07) is 17.1. The Labute approximate surface area is 194 Å². The SMILES string of the molecule is COc1ccccc1NC(=O)c1ccc(NC(=O)C(C)Oc2ccc([N+](=O)[O-])cc2Cl)cc1. The smallest absolute Gasteiger partial charge is 0.271 e. The number of nitrogens with one attached hydrogen (secondary N) is 2. The number of nitro benzene ring substituents is 1. The minimum Gasteiger partial charge on any atom is -0.495 e. The monoisotopic (exact) mass is 469 g/mol. The maximum absolute atomic E-state index is 12.5. The van der Waals surface area contributed by atoms with Gasteiger partial charge in [0.05, 0.1) is 22.7 Å². The standard InChI is InChI=1S/C23H20ClN3O6/c1-14(33-20-12-11-17(27(30)31)13-18(20)24)22(28)25-16-9-7-15(8-10-16)23(29)26-19-5-3-4-6-21(19)32-2/h3-14H,1-2H3,(H,25,28)(H,26,29). The van der Waals surface area contributed by atoms with Crippen molar-refractivity contribution in [3.63, 3.8) is 0 Å². The van der Waals surface area contributed by atoms with Crippen molar-refractivity contribution in [3.05, 3.63) is 87.4 Å². The number of rotatable bonds is 8. The minimum atomic E-state index is -0.933. The lowest BCUT2D eigenvalue weighted by atomic mass is 10.2.